The zero-order valence-electron chi connectivity index (χ0n) is 7.57. The summed E-state index contributed by atoms with van der Waals surface area (Å²) < 4.78 is 0. The minimum absolute atomic E-state index is 0.443. The molecule has 0 spiro atoms. The van der Waals surface area contributed by atoms with Gasteiger partial charge in [0, 0.05) is 26.3 Å². The predicted molar refractivity (Wildman–Crippen MR) is 51.3 cm³/mol. The third kappa shape index (κ3) is 2.17. The molecular weight excluding hydrogens is 164 g/mol. The van der Waals surface area contributed by atoms with Crippen LogP contribution in [0.1, 0.15) is 5.69 Å². The molecule has 4 heteroatoms. The van der Waals surface area contributed by atoms with Gasteiger partial charge in [-0.25, -0.2) is 4.98 Å². The first kappa shape index (κ1) is 9.49. The quantitative estimate of drug-likeness (QED) is 0.721. The first-order valence-corrected chi connectivity index (χ1v) is 4.06. The van der Waals surface area contributed by atoms with Crippen LogP contribution in [0, 0.1) is 11.3 Å². The van der Waals surface area contributed by atoms with E-state index in [4.69, 9.17) is 11.0 Å². The molecule has 4 nitrogen and oxygen atoms in total. The molecule has 1 heterocycles. The zero-order chi connectivity index (χ0) is 9.68. The molecule has 0 atom stereocenters. The Morgan fingerprint density at radius 2 is 2.46 bits per heavy atom. The molecule has 0 aliphatic rings. The molecule has 1 aromatic heterocycles. The van der Waals surface area contributed by atoms with Crippen LogP contribution in [0.4, 0.5) is 5.69 Å². The lowest BCUT2D eigenvalue weighted by molar-refractivity contribution is 0.880. The number of nitriles is 1. The van der Waals surface area contributed by atoms with Crippen LogP contribution in [0.5, 0.6) is 0 Å². The maximum atomic E-state index is 8.77. The minimum Gasteiger partial charge on any atom is -0.371 e. The van der Waals surface area contributed by atoms with E-state index in [1.807, 2.05) is 30.1 Å². The summed E-state index contributed by atoms with van der Waals surface area (Å²) >= 11 is 0. The maximum absolute atomic E-state index is 8.77. The van der Waals surface area contributed by atoms with Crippen LogP contribution in [0.25, 0.3) is 0 Å². The Balaban J connectivity index is 2.93. The fourth-order valence-corrected chi connectivity index (χ4v) is 1.11. The van der Waals surface area contributed by atoms with Crippen LogP contribution in [0.3, 0.4) is 0 Å². The highest BCUT2D eigenvalue weighted by Gasteiger charge is 2.05. The number of likely N-dealkylation sites (N-methyl/N-ethyl adjacent to an activating group) is 1. The van der Waals surface area contributed by atoms with Crippen molar-refractivity contribution < 1.29 is 0 Å². The van der Waals surface area contributed by atoms with E-state index in [0.29, 0.717) is 12.2 Å². The van der Waals surface area contributed by atoms with Crippen molar-refractivity contribution in [1.82, 2.24) is 4.98 Å². The van der Waals surface area contributed by atoms with Gasteiger partial charge < -0.3 is 10.6 Å². The van der Waals surface area contributed by atoms with Crippen LogP contribution in [-0.2, 0) is 0 Å². The fraction of sp³-hybridized carbons (Fsp3) is 0.333. The van der Waals surface area contributed by atoms with E-state index in [9.17, 15) is 0 Å². The fourth-order valence-electron chi connectivity index (χ4n) is 1.11. The average molecular weight is 176 g/mol. The Kier molecular flexibility index (Phi) is 3.23. The average Bonchev–Trinajstić information content (AvgIpc) is 2.18. The molecule has 0 bridgehead atoms. The number of rotatable bonds is 3. The lowest BCUT2D eigenvalue weighted by Gasteiger charge is -2.18. The van der Waals surface area contributed by atoms with Crippen molar-refractivity contribution in [1.29, 1.82) is 5.26 Å². The molecule has 1 aromatic rings. The molecule has 2 N–H and O–H groups in total. The summed E-state index contributed by atoms with van der Waals surface area (Å²) in [5.41, 5.74) is 6.69. The van der Waals surface area contributed by atoms with E-state index in [1.165, 1.54) is 0 Å². The summed E-state index contributed by atoms with van der Waals surface area (Å²) in [5.74, 6) is 0. The normalized spacial score (nSPS) is 9.31. The van der Waals surface area contributed by atoms with Crippen molar-refractivity contribution in [2.24, 2.45) is 5.73 Å². The minimum atomic E-state index is 0.443. The van der Waals surface area contributed by atoms with Gasteiger partial charge in [-0.1, -0.05) is 0 Å². The molecule has 0 saturated carbocycles. The van der Waals surface area contributed by atoms with Gasteiger partial charge in [-0.15, -0.1) is 0 Å². The van der Waals surface area contributed by atoms with Gasteiger partial charge >= 0.3 is 0 Å². The van der Waals surface area contributed by atoms with Gasteiger partial charge in [0.1, 0.15) is 6.07 Å². The largest absolute Gasteiger partial charge is 0.371 e. The second kappa shape index (κ2) is 4.43. The Bertz CT molecular complexity index is 316. The van der Waals surface area contributed by atoms with Gasteiger partial charge in [-0.2, -0.15) is 5.26 Å². The van der Waals surface area contributed by atoms with E-state index >= 15 is 0 Å². The van der Waals surface area contributed by atoms with Crippen molar-refractivity contribution in [2.75, 3.05) is 25.0 Å². The van der Waals surface area contributed by atoms with Gasteiger partial charge in [0.25, 0.3) is 0 Å². The molecule has 0 fully saturated rings. The molecule has 13 heavy (non-hydrogen) atoms. The summed E-state index contributed by atoms with van der Waals surface area (Å²) in [4.78, 5) is 5.88. The number of hydrogen-bond acceptors (Lipinski definition) is 4. The van der Waals surface area contributed by atoms with Crippen molar-refractivity contribution in [3.8, 4) is 6.07 Å². The maximum Gasteiger partial charge on any atom is 0.163 e. The summed E-state index contributed by atoms with van der Waals surface area (Å²) in [6.07, 6.45) is 1.61. The van der Waals surface area contributed by atoms with Crippen molar-refractivity contribution in [2.45, 2.75) is 0 Å². The number of anilines is 1. The first-order chi connectivity index (χ1) is 6.29. The SMILES string of the molecule is CN(CCN)c1cccnc1C#N. The molecule has 0 radical (unpaired) electrons. The zero-order valence-corrected chi connectivity index (χ0v) is 7.57. The Morgan fingerprint density at radius 3 is 3.08 bits per heavy atom. The predicted octanol–water partition coefficient (Wildman–Crippen LogP) is 0.348. The lowest BCUT2D eigenvalue weighted by atomic mass is 10.3. The molecule has 0 unspecified atom stereocenters. The monoisotopic (exact) mass is 176 g/mol. The molecule has 0 saturated heterocycles. The summed E-state index contributed by atoms with van der Waals surface area (Å²) in [5, 5.41) is 8.77. The van der Waals surface area contributed by atoms with Crippen LogP contribution in [0.15, 0.2) is 18.3 Å². The second-order valence-electron chi connectivity index (χ2n) is 2.69. The summed E-state index contributed by atoms with van der Waals surface area (Å²) in [6.45, 7) is 1.29. The molecule has 0 aromatic carbocycles. The Labute approximate surface area is 77.6 Å². The summed E-state index contributed by atoms with van der Waals surface area (Å²) in [7, 11) is 1.89. The topological polar surface area (TPSA) is 65.9 Å². The van der Waals surface area contributed by atoms with Gasteiger partial charge in [0.15, 0.2) is 5.69 Å². The Hall–Kier alpha value is -1.60. The van der Waals surface area contributed by atoms with Crippen molar-refractivity contribution in [3.05, 3.63) is 24.0 Å². The third-order valence-electron chi connectivity index (χ3n) is 1.77. The van der Waals surface area contributed by atoms with Crippen LogP contribution >= 0.6 is 0 Å². The highest BCUT2D eigenvalue weighted by Crippen LogP contribution is 2.14. The van der Waals surface area contributed by atoms with Gasteiger partial charge in [0.2, 0.25) is 0 Å². The molecule has 1 rings (SSSR count). The summed E-state index contributed by atoms with van der Waals surface area (Å²) in [6, 6.07) is 5.71. The number of nitrogens with two attached hydrogens (primary N) is 1. The number of nitrogens with zero attached hydrogens (tertiary/aromatic N) is 3. The molecule has 0 aliphatic carbocycles. The van der Waals surface area contributed by atoms with Gasteiger partial charge in [-0.3, -0.25) is 0 Å². The van der Waals surface area contributed by atoms with E-state index in [2.05, 4.69) is 4.98 Å². The first-order valence-electron chi connectivity index (χ1n) is 4.06. The van der Waals surface area contributed by atoms with Crippen LogP contribution in [-0.4, -0.2) is 25.1 Å². The van der Waals surface area contributed by atoms with E-state index in [1.54, 1.807) is 6.20 Å². The van der Waals surface area contributed by atoms with Crippen LogP contribution < -0.4 is 10.6 Å². The molecule has 0 aliphatic heterocycles. The number of pyridine rings is 1. The Morgan fingerprint density at radius 1 is 1.69 bits per heavy atom. The molecule has 68 valence electrons. The smallest absolute Gasteiger partial charge is 0.163 e. The standard InChI is InChI=1S/C9H12N4/c1-13(6-4-10)9-3-2-5-12-8(9)7-11/h2-3,5H,4,6,10H2,1H3. The van der Waals surface area contributed by atoms with E-state index in [0.717, 1.165) is 12.2 Å². The molecular formula is C9H12N4. The van der Waals surface area contributed by atoms with Crippen LogP contribution in [0.2, 0.25) is 0 Å². The van der Waals surface area contributed by atoms with Crippen molar-refractivity contribution in [3.63, 3.8) is 0 Å². The number of hydrogen-bond donors (Lipinski definition) is 1. The third-order valence-corrected chi connectivity index (χ3v) is 1.77. The highest BCUT2D eigenvalue weighted by molar-refractivity contribution is 5.54. The highest BCUT2D eigenvalue weighted by atomic mass is 15.1. The van der Waals surface area contributed by atoms with Gasteiger partial charge in [0.05, 0.1) is 5.69 Å². The molecule has 0 amide bonds. The van der Waals surface area contributed by atoms with Crippen molar-refractivity contribution >= 4 is 5.69 Å². The number of aromatic nitrogens is 1. The second-order valence-corrected chi connectivity index (χ2v) is 2.69. The lowest BCUT2D eigenvalue weighted by Crippen LogP contribution is -2.25. The van der Waals surface area contributed by atoms with E-state index < -0.39 is 0 Å². The van der Waals surface area contributed by atoms with Gasteiger partial charge in [-0.05, 0) is 12.1 Å². The van der Waals surface area contributed by atoms with E-state index in [-0.39, 0.29) is 0 Å².